The van der Waals surface area contributed by atoms with Crippen LogP contribution < -0.4 is 10.6 Å². The molecule has 1 aromatic heterocycles. The van der Waals surface area contributed by atoms with Crippen LogP contribution in [-0.2, 0) is 28.6 Å². The molecule has 2 amide bonds. The molecule has 5 atom stereocenters. The number of esters is 1. The number of aromatic nitrogens is 2. The summed E-state index contributed by atoms with van der Waals surface area (Å²) in [7, 11) is 0. The van der Waals surface area contributed by atoms with E-state index in [0.29, 0.717) is 34.4 Å². The van der Waals surface area contributed by atoms with E-state index in [-0.39, 0.29) is 29.2 Å². The molecule has 3 N–H and O–H groups in total. The minimum atomic E-state index is -1.71. The van der Waals surface area contributed by atoms with Gasteiger partial charge in [0.25, 0.3) is 11.8 Å². The Hall–Kier alpha value is -3.51. The van der Waals surface area contributed by atoms with Gasteiger partial charge in [-0.2, -0.15) is 0 Å². The summed E-state index contributed by atoms with van der Waals surface area (Å²) in [5.74, 6) is -1.92. The van der Waals surface area contributed by atoms with E-state index in [1.54, 1.807) is 25.1 Å². The van der Waals surface area contributed by atoms with Crippen LogP contribution in [-0.4, -0.2) is 98.3 Å². The summed E-state index contributed by atoms with van der Waals surface area (Å²) in [6.45, 7) is 5.55. The van der Waals surface area contributed by atoms with Crippen LogP contribution in [0.4, 0.5) is 4.79 Å². The van der Waals surface area contributed by atoms with Crippen molar-refractivity contribution in [2.24, 2.45) is 0 Å². The van der Waals surface area contributed by atoms with Crippen molar-refractivity contribution >= 4 is 64.6 Å². The highest BCUT2D eigenvalue weighted by atomic mass is 32.2. The maximum atomic E-state index is 13.5. The Bertz CT molecular complexity index is 1540. The minimum Gasteiger partial charge on any atom is -0.435 e. The first-order chi connectivity index (χ1) is 22.1. The van der Waals surface area contributed by atoms with Crippen molar-refractivity contribution in [1.82, 2.24) is 25.7 Å². The molecule has 0 aliphatic carbocycles. The van der Waals surface area contributed by atoms with Crippen LogP contribution in [0.25, 0.3) is 0 Å². The Morgan fingerprint density at radius 1 is 1.22 bits per heavy atom. The molecule has 17 heteroatoms. The Balaban J connectivity index is 1.31. The summed E-state index contributed by atoms with van der Waals surface area (Å²) in [5, 5.41) is 25.0. The van der Waals surface area contributed by atoms with Gasteiger partial charge in [0.1, 0.15) is 22.1 Å². The largest absolute Gasteiger partial charge is 0.511 e. The highest BCUT2D eigenvalue weighted by Gasteiger charge is 2.55. The Labute approximate surface area is 277 Å². The molecule has 2 saturated heterocycles. The molecule has 0 saturated carbocycles. The van der Waals surface area contributed by atoms with Gasteiger partial charge in [0.05, 0.1) is 12.6 Å². The van der Waals surface area contributed by atoms with Crippen molar-refractivity contribution in [3.63, 3.8) is 0 Å². The summed E-state index contributed by atoms with van der Waals surface area (Å²) >= 11 is 4.07. The molecular formula is C29H33N5O9S3. The molecule has 0 bridgehead atoms. The third-order valence-electron chi connectivity index (χ3n) is 7.36. The molecule has 3 aliphatic rings. The number of Topliss-reactive ketones (excluding diaryl/α,β-unsaturated/α-hetero) is 1. The van der Waals surface area contributed by atoms with Crippen molar-refractivity contribution in [3.05, 3.63) is 51.7 Å². The third kappa shape index (κ3) is 7.38. The average Bonchev–Trinajstić information content (AvgIpc) is 3.73. The number of β-lactam (4-membered cyclic amide) rings is 1. The monoisotopic (exact) mass is 691 g/mol. The standard InChI is InChI=1S/C29H33N5O9S3/c1-4-41-29(40)43-15(3)42-27(39)21-16(13-45-28-33-32-14(2)46-28)12-44-26-20(25(38)34(21)26)31-24(37)23(36)18-9-6-5-8-17(18)22(35)19-10-7-11-30-19/h5-6,8-9,15,19-20,23,26,30,36H,4,7,10-13H2,1-3H3,(H,31,37)/t15?,19-,20?,23?,26-/m0/s1. The van der Waals surface area contributed by atoms with Gasteiger partial charge in [-0.05, 0) is 38.8 Å². The first-order valence-corrected chi connectivity index (χ1v) is 17.4. The molecular weight excluding hydrogens is 659 g/mol. The molecule has 5 rings (SSSR count). The number of ketones is 1. The van der Waals surface area contributed by atoms with Gasteiger partial charge >= 0.3 is 12.1 Å². The summed E-state index contributed by atoms with van der Waals surface area (Å²) in [4.78, 5) is 66.3. The minimum absolute atomic E-state index is 0.0205. The molecule has 4 heterocycles. The van der Waals surface area contributed by atoms with Crippen LogP contribution in [0.3, 0.4) is 0 Å². The lowest BCUT2D eigenvalue weighted by Crippen LogP contribution is -2.71. The van der Waals surface area contributed by atoms with Gasteiger partial charge in [0.2, 0.25) is 6.29 Å². The first-order valence-electron chi connectivity index (χ1n) is 14.6. The summed E-state index contributed by atoms with van der Waals surface area (Å²) < 4.78 is 15.7. The predicted molar refractivity (Wildman–Crippen MR) is 168 cm³/mol. The molecule has 246 valence electrons. The number of ether oxygens (including phenoxy) is 3. The van der Waals surface area contributed by atoms with Crippen LogP contribution in [0.2, 0.25) is 0 Å². The zero-order valence-electron chi connectivity index (χ0n) is 25.2. The number of fused-ring (bicyclic) bond motifs is 1. The van der Waals surface area contributed by atoms with E-state index in [0.717, 1.165) is 11.4 Å². The topological polar surface area (TPSA) is 186 Å². The van der Waals surface area contributed by atoms with Crippen molar-refractivity contribution in [2.45, 2.75) is 67.8 Å². The second kappa shape index (κ2) is 14.9. The number of aryl methyl sites for hydroxylation is 1. The normalized spacial score (nSPS) is 22.0. The number of thioether (sulfide) groups is 2. The van der Waals surface area contributed by atoms with E-state index in [1.165, 1.54) is 52.8 Å². The second-order valence-corrected chi connectivity index (χ2v) is 14.0. The van der Waals surface area contributed by atoms with Crippen molar-refractivity contribution < 1.29 is 43.3 Å². The van der Waals surface area contributed by atoms with E-state index < -0.39 is 53.8 Å². The number of hydrogen-bond acceptors (Lipinski definition) is 15. The fourth-order valence-electron chi connectivity index (χ4n) is 5.22. The van der Waals surface area contributed by atoms with Crippen LogP contribution in [0, 0.1) is 6.92 Å². The van der Waals surface area contributed by atoms with Crippen LogP contribution >= 0.6 is 34.9 Å². The summed E-state index contributed by atoms with van der Waals surface area (Å²) in [5.41, 5.74) is 0.939. The smallest absolute Gasteiger partial charge is 0.435 e. The predicted octanol–water partition coefficient (Wildman–Crippen LogP) is 2.32. The average molecular weight is 692 g/mol. The molecule has 46 heavy (non-hydrogen) atoms. The molecule has 14 nitrogen and oxygen atoms in total. The number of nitrogens with one attached hydrogen (secondary N) is 2. The Morgan fingerprint density at radius 2 is 2.00 bits per heavy atom. The summed E-state index contributed by atoms with van der Waals surface area (Å²) in [6.07, 6.45) is -2.52. The lowest BCUT2D eigenvalue weighted by molar-refractivity contribution is -0.169. The lowest BCUT2D eigenvalue weighted by Gasteiger charge is -2.50. The molecule has 2 fully saturated rings. The van der Waals surface area contributed by atoms with E-state index in [4.69, 9.17) is 14.2 Å². The number of nitrogens with zero attached hydrogens (tertiary/aromatic N) is 3. The van der Waals surface area contributed by atoms with Crippen molar-refractivity contribution in [2.75, 3.05) is 24.7 Å². The van der Waals surface area contributed by atoms with E-state index >= 15 is 0 Å². The molecule has 0 radical (unpaired) electrons. The van der Waals surface area contributed by atoms with Crippen LogP contribution in [0.5, 0.6) is 0 Å². The van der Waals surface area contributed by atoms with Gasteiger partial charge < -0.3 is 30.0 Å². The second-order valence-electron chi connectivity index (χ2n) is 10.5. The van der Waals surface area contributed by atoms with Crippen molar-refractivity contribution in [1.29, 1.82) is 0 Å². The highest BCUT2D eigenvalue weighted by molar-refractivity contribution is 8.01. The van der Waals surface area contributed by atoms with E-state index in [9.17, 15) is 29.1 Å². The van der Waals surface area contributed by atoms with Crippen molar-refractivity contribution in [3.8, 4) is 0 Å². The number of amides is 2. The van der Waals surface area contributed by atoms with Gasteiger partial charge in [-0.15, -0.1) is 22.0 Å². The van der Waals surface area contributed by atoms with Gasteiger partial charge in [-0.3, -0.25) is 19.3 Å². The molecule has 0 spiro atoms. The van der Waals surface area contributed by atoms with E-state index in [2.05, 4.69) is 20.8 Å². The molecule has 3 aliphatic heterocycles. The Kier molecular flexibility index (Phi) is 11.0. The zero-order chi connectivity index (χ0) is 33.0. The number of aliphatic hydroxyl groups excluding tert-OH is 1. The fraction of sp³-hybridized carbons (Fsp3) is 0.483. The molecule has 2 aromatic rings. The quantitative estimate of drug-likeness (QED) is 0.0968. The number of benzene rings is 1. The highest BCUT2D eigenvalue weighted by Crippen LogP contribution is 2.42. The first kappa shape index (κ1) is 33.8. The van der Waals surface area contributed by atoms with Crippen LogP contribution in [0.15, 0.2) is 39.9 Å². The number of carbonyl (C=O) groups excluding carboxylic acids is 5. The molecule has 1 aromatic carbocycles. The van der Waals surface area contributed by atoms with Gasteiger partial charge in [0, 0.05) is 29.6 Å². The maximum absolute atomic E-state index is 13.5. The third-order valence-corrected chi connectivity index (χ3v) is 10.8. The molecule has 3 unspecified atom stereocenters. The number of hydrogen-bond donors (Lipinski definition) is 3. The van der Waals surface area contributed by atoms with Gasteiger partial charge in [-0.25, -0.2) is 9.59 Å². The zero-order valence-corrected chi connectivity index (χ0v) is 27.7. The number of aliphatic hydroxyl groups is 1. The van der Waals surface area contributed by atoms with E-state index in [1.807, 2.05) is 6.92 Å². The van der Waals surface area contributed by atoms with Gasteiger partial charge in [0.15, 0.2) is 16.2 Å². The lowest BCUT2D eigenvalue weighted by atomic mass is 9.94. The van der Waals surface area contributed by atoms with Crippen LogP contribution in [0.1, 0.15) is 53.7 Å². The Morgan fingerprint density at radius 3 is 2.70 bits per heavy atom. The SMILES string of the molecule is CCOC(=O)OC(C)OC(=O)C1=C(CSc2nnc(C)s2)CS[C@H]2C(NC(=O)C(O)c3ccccc3C(=O)[C@@H]3CCCN3)C(=O)N12. The van der Waals surface area contributed by atoms with Gasteiger partial charge in [-0.1, -0.05) is 47.4 Å². The summed E-state index contributed by atoms with van der Waals surface area (Å²) in [6, 6.07) is 4.92. The number of carbonyl (C=O) groups is 5. The number of rotatable bonds is 12. The fourth-order valence-corrected chi connectivity index (χ4v) is 8.52. The maximum Gasteiger partial charge on any atom is 0.511 e.